The van der Waals surface area contributed by atoms with Gasteiger partial charge in [0.15, 0.2) is 0 Å². The highest BCUT2D eigenvalue weighted by Crippen LogP contribution is 2.11. The number of hydrogen-bond acceptors (Lipinski definition) is 4. The molecule has 0 atom stereocenters. The van der Waals surface area contributed by atoms with Gasteiger partial charge in [-0.25, -0.2) is 5.01 Å². The highest BCUT2D eigenvalue weighted by atomic mass is 16.5. The molecule has 1 saturated heterocycles. The number of carbonyl (C=O) groups excluding carboxylic acids is 1. The Labute approximate surface area is 124 Å². The van der Waals surface area contributed by atoms with Gasteiger partial charge in [-0.2, -0.15) is 0 Å². The van der Waals surface area contributed by atoms with Crippen molar-refractivity contribution in [3.8, 4) is 11.8 Å². The van der Waals surface area contributed by atoms with Crippen molar-refractivity contribution < 1.29 is 14.6 Å². The van der Waals surface area contributed by atoms with Crippen LogP contribution in [0.1, 0.15) is 27.9 Å². The van der Waals surface area contributed by atoms with E-state index in [4.69, 9.17) is 9.84 Å². The fourth-order valence-electron chi connectivity index (χ4n) is 2.05. The van der Waals surface area contributed by atoms with Gasteiger partial charge in [-0.15, -0.1) is 0 Å². The minimum Gasteiger partial charge on any atom is -0.395 e. The second-order valence-electron chi connectivity index (χ2n) is 4.86. The Hall–Kier alpha value is -1.87. The SMILES string of the molecule is Cc1ccc(C(=O)NN2CCOCC2)c(C#CCCO)c1. The maximum Gasteiger partial charge on any atom is 0.266 e. The van der Waals surface area contributed by atoms with E-state index in [1.165, 1.54) is 0 Å². The predicted octanol–water partition coefficient (Wildman–Crippen LogP) is 0.706. The molecule has 0 aromatic heterocycles. The van der Waals surface area contributed by atoms with Crippen LogP contribution in [0.15, 0.2) is 18.2 Å². The number of hydrazine groups is 1. The molecule has 5 heteroatoms. The van der Waals surface area contributed by atoms with Crippen molar-refractivity contribution in [3.05, 3.63) is 34.9 Å². The summed E-state index contributed by atoms with van der Waals surface area (Å²) in [6, 6.07) is 5.57. The van der Waals surface area contributed by atoms with Gasteiger partial charge < -0.3 is 9.84 Å². The molecule has 0 aliphatic carbocycles. The van der Waals surface area contributed by atoms with Gasteiger partial charge >= 0.3 is 0 Å². The summed E-state index contributed by atoms with van der Waals surface area (Å²) >= 11 is 0. The van der Waals surface area contributed by atoms with E-state index in [2.05, 4.69) is 17.3 Å². The van der Waals surface area contributed by atoms with Crippen molar-refractivity contribution in [2.24, 2.45) is 0 Å². The number of hydrogen-bond donors (Lipinski definition) is 2. The van der Waals surface area contributed by atoms with Crippen LogP contribution < -0.4 is 5.43 Å². The molecule has 1 aliphatic heterocycles. The Morgan fingerprint density at radius 3 is 2.90 bits per heavy atom. The molecule has 0 bridgehead atoms. The van der Waals surface area contributed by atoms with E-state index in [9.17, 15) is 4.79 Å². The normalized spacial score (nSPS) is 15.1. The van der Waals surface area contributed by atoms with Crippen LogP contribution in [0.25, 0.3) is 0 Å². The minimum atomic E-state index is -0.162. The molecule has 2 rings (SSSR count). The molecule has 1 heterocycles. The Morgan fingerprint density at radius 1 is 1.43 bits per heavy atom. The highest BCUT2D eigenvalue weighted by Gasteiger charge is 2.16. The second-order valence-corrected chi connectivity index (χ2v) is 4.86. The average molecular weight is 288 g/mol. The topological polar surface area (TPSA) is 61.8 Å². The predicted molar refractivity (Wildman–Crippen MR) is 79.6 cm³/mol. The molecule has 5 nitrogen and oxygen atoms in total. The Morgan fingerprint density at radius 2 is 2.19 bits per heavy atom. The summed E-state index contributed by atoms with van der Waals surface area (Å²) in [6.07, 6.45) is 0.401. The molecule has 2 N–H and O–H groups in total. The van der Waals surface area contributed by atoms with Gasteiger partial charge in [0.2, 0.25) is 0 Å². The third-order valence-electron chi connectivity index (χ3n) is 3.15. The van der Waals surface area contributed by atoms with Crippen molar-refractivity contribution >= 4 is 5.91 Å². The Kier molecular flexibility index (Phi) is 5.76. The van der Waals surface area contributed by atoms with E-state index >= 15 is 0 Å². The first kappa shape index (κ1) is 15.5. The van der Waals surface area contributed by atoms with Crippen LogP contribution >= 0.6 is 0 Å². The standard InChI is InChI=1S/C16H20N2O3/c1-13-5-6-15(14(12-13)4-2-3-9-19)16(20)17-18-7-10-21-11-8-18/h5-6,12,19H,3,7-11H2,1H3,(H,17,20). The zero-order valence-electron chi connectivity index (χ0n) is 12.2. The number of ether oxygens (including phenoxy) is 1. The molecule has 1 aliphatic rings. The van der Waals surface area contributed by atoms with Crippen LogP contribution in [0.3, 0.4) is 0 Å². The average Bonchev–Trinajstić information content (AvgIpc) is 2.48. The van der Waals surface area contributed by atoms with E-state index in [0.717, 1.165) is 5.56 Å². The van der Waals surface area contributed by atoms with Crippen molar-refractivity contribution in [1.82, 2.24) is 10.4 Å². The lowest BCUT2D eigenvalue weighted by Crippen LogP contribution is -2.48. The molecule has 0 unspecified atom stereocenters. The first-order chi connectivity index (χ1) is 10.2. The number of nitrogens with zero attached hydrogens (tertiary/aromatic N) is 1. The molecular formula is C16H20N2O3. The largest absolute Gasteiger partial charge is 0.395 e. The molecule has 112 valence electrons. The zero-order chi connectivity index (χ0) is 15.1. The molecule has 1 fully saturated rings. The lowest BCUT2D eigenvalue weighted by atomic mass is 10.0. The summed E-state index contributed by atoms with van der Waals surface area (Å²) in [5, 5.41) is 10.7. The van der Waals surface area contributed by atoms with Crippen molar-refractivity contribution in [2.45, 2.75) is 13.3 Å². The number of carbonyl (C=O) groups is 1. The van der Waals surface area contributed by atoms with Gasteiger partial charge in [0, 0.05) is 25.1 Å². The van der Waals surface area contributed by atoms with Crippen LogP contribution in [-0.2, 0) is 4.74 Å². The van der Waals surface area contributed by atoms with Crippen LogP contribution in [0, 0.1) is 18.8 Å². The van der Waals surface area contributed by atoms with Crippen molar-refractivity contribution in [1.29, 1.82) is 0 Å². The fourth-order valence-corrected chi connectivity index (χ4v) is 2.05. The smallest absolute Gasteiger partial charge is 0.266 e. The molecule has 0 spiro atoms. The second kappa shape index (κ2) is 7.79. The quantitative estimate of drug-likeness (QED) is 0.804. The van der Waals surface area contributed by atoms with Gasteiger partial charge in [0.25, 0.3) is 5.91 Å². The molecule has 0 saturated carbocycles. The summed E-state index contributed by atoms with van der Waals surface area (Å²) in [5.74, 6) is 5.66. The van der Waals surface area contributed by atoms with Crippen LogP contribution in [0.5, 0.6) is 0 Å². The number of nitrogens with one attached hydrogen (secondary N) is 1. The van der Waals surface area contributed by atoms with E-state index in [1.54, 1.807) is 6.07 Å². The summed E-state index contributed by atoms with van der Waals surface area (Å²) < 4.78 is 5.25. The summed E-state index contributed by atoms with van der Waals surface area (Å²) in [4.78, 5) is 12.4. The third-order valence-corrected chi connectivity index (χ3v) is 3.15. The van der Waals surface area contributed by atoms with E-state index in [-0.39, 0.29) is 12.5 Å². The number of aliphatic hydroxyl groups excluding tert-OH is 1. The summed E-state index contributed by atoms with van der Waals surface area (Å²) in [7, 11) is 0. The van der Waals surface area contributed by atoms with Gasteiger partial charge in [0.05, 0.1) is 25.4 Å². The number of benzene rings is 1. The molecule has 21 heavy (non-hydrogen) atoms. The number of rotatable bonds is 3. The highest BCUT2D eigenvalue weighted by molar-refractivity contribution is 5.96. The van der Waals surface area contributed by atoms with Crippen molar-refractivity contribution in [3.63, 3.8) is 0 Å². The molecule has 1 amide bonds. The monoisotopic (exact) mass is 288 g/mol. The lowest BCUT2D eigenvalue weighted by Gasteiger charge is -2.27. The van der Waals surface area contributed by atoms with E-state index in [1.807, 2.05) is 24.1 Å². The maximum atomic E-state index is 12.4. The summed E-state index contributed by atoms with van der Waals surface area (Å²) in [6.45, 7) is 4.59. The molecule has 0 radical (unpaired) electrons. The Balaban J connectivity index is 2.13. The molecule has 1 aromatic carbocycles. The van der Waals surface area contributed by atoms with Gasteiger partial charge in [-0.05, 0) is 24.6 Å². The Bertz CT molecular complexity index is 554. The minimum absolute atomic E-state index is 0.0219. The maximum absolute atomic E-state index is 12.4. The molecule has 1 aromatic rings. The number of amides is 1. The summed E-state index contributed by atoms with van der Waals surface area (Å²) in [5.41, 5.74) is 5.17. The van der Waals surface area contributed by atoms with Gasteiger partial charge in [-0.3, -0.25) is 10.2 Å². The van der Waals surface area contributed by atoms with Crippen molar-refractivity contribution in [2.75, 3.05) is 32.9 Å². The third kappa shape index (κ3) is 4.57. The number of morpholine rings is 1. The lowest BCUT2D eigenvalue weighted by molar-refractivity contribution is 0.0126. The first-order valence-corrected chi connectivity index (χ1v) is 7.05. The van der Waals surface area contributed by atoms with Crippen LogP contribution in [-0.4, -0.2) is 48.9 Å². The zero-order valence-corrected chi connectivity index (χ0v) is 12.2. The number of aryl methyl sites for hydroxylation is 1. The van der Waals surface area contributed by atoms with Gasteiger partial charge in [0.1, 0.15) is 0 Å². The number of aliphatic hydroxyl groups is 1. The van der Waals surface area contributed by atoms with E-state index in [0.29, 0.717) is 43.9 Å². The first-order valence-electron chi connectivity index (χ1n) is 7.05. The molecular weight excluding hydrogens is 268 g/mol. The van der Waals surface area contributed by atoms with Crippen LogP contribution in [0.4, 0.5) is 0 Å². The van der Waals surface area contributed by atoms with E-state index < -0.39 is 0 Å². The fraction of sp³-hybridized carbons (Fsp3) is 0.438. The van der Waals surface area contributed by atoms with Gasteiger partial charge in [-0.1, -0.05) is 17.9 Å². The van der Waals surface area contributed by atoms with Crippen LogP contribution in [0.2, 0.25) is 0 Å².